The molecule has 0 unspecified atom stereocenters. The van der Waals surface area contributed by atoms with Crippen molar-refractivity contribution in [1.82, 2.24) is 10.2 Å². The van der Waals surface area contributed by atoms with Crippen molar-refractivity contribution in [2.75, 3.05) is 13.2 Å². The molecule has 6 heteroatoms. The van der Waals surface area contributed by atoms with Crippen LogP contribution in [0.2, 0.25) is 0 Å². The van der Waals surface area contributed by atoms with Crippen molar-refractivity contribution in [3.63, 3.8) is 0 Å². The average Bonchev–Trinajstić information content (AvgIpc) is 3.13. The van der Waals surface area contributed by atoms with Gasteiger partial charge in [-0.2, -0.15) is 0 Å². The van der Waals surface area contributed by atoms with E-state index in [0.29, 0.717) is 19.4 Å². The van der Waals surface area contributed by atoms with Crippen molar-refractivity contribution >= 4 is 12.1 Å². The number of alkyl carbamates (subject to hydrolysis) is 1. The molecule has 0 spiro atoms. The summed E-state index contributed by atoms with van der Waals surface area (Å²) in [6.07, 6.45) is 1.01. The Kier molecular flexibility index (Phi) is 6.32. The van der Waals surface area contributed by atoms with Gasteiger partial charge < -0.3 is 15.2 Å². The van der Waals surface area contributed by atoms with Crippen molar-refractivity contribution in [1.29, 1.82) is 0 Å². The van der Waals surface area contributed by atoms with Gasteiger partial charge in [-0.05, 0) is 40.7 Å². The number of amides is 1. The van der Waals surface area contributed by atoms with E-state index in [-0.39, 0.29) is 31.2 Å². The van der Waals surface area contributed by atoms with E-state index in [4.69, 9.17) is 4.74 Å². The fourth-order valence-corrected chi connectivity index (χ4v) is 5.12. The van der Waals surface area contributed by atoms with Crippen LogP contribution in [0.15, 0.2) is 78.9 Å². The van der Waals surface area contributed by atoms with Gasteiger partial charge in [0, 0.05) is 24.5 Å². The van der Waals surface area contributed by atoms with E-state index in [1.807, 2.05) is 59.5 Å². The first-order chi connectivity index (χ1) is 16.6. The van der Waals surface area contributed by atoms with Gasteiger partial charge in [0.2, 0.25) is 0 Å². The van der Waals surface area contributed by atoms with Gasteiger partial charge >= 0.3 is 12.1 Å². The highest BCUT2D eigenvalue weighted by Crippen LogP contribution is 2.44. The third kappa shape index (κ3) is 4.68. The van der Waals surface area contributed by atoms with E-state index in [0.717, 1.165) is 5.56 Å². The molecule has 2 aliphatic rings. The summed E-state index contributed by atoms with van der Waals surface area (Å²) in [5.41, 5.74) is 5.85. The summed E-state index contributed by atoms with van der Waals surface area (Å²) in [5.74, 6) is -0.812. The summed E-state index contributed by atoms with van der Waals surface area (Å²) in [4.78, 5) is 25.9. The van der Waals surface area contributed by atoms with E-state index < -0.39 is 12.1 Å². The highest BCUT2D eigenvalue weighted by atomic mass is 16.5. The molecule has 0 atom stereocenters. The van der Waals surface area contributed by atoms with Crippen LogP contribution >= 0.6 is 0 Å². The van der Waals surface area contributed by atoms with Crippen LogP contribution in [-0.2, 0) is 16.1 Å². The van der Waals surface area contributed by atoms with Crippen LogP contribution in [0.1, 0.15) is 35.4 Å². The maximum atomic E-state index is 12.5. The minimum atomic E-state index is -0.844. The number of rotatable bonds is 8. The number of hydrogen-bond donors (Lipinski definition) is 2. The number of benzene rings is 3. The van der Waals surface area contributed by atoms with Gasteiger partial charge in [0.05, 0.1) is 6.54 Å². The molecule has 3 aromatic rings. The number of hydrogen-bond acceptors (Lipinski definition) is 4. The summed E-state index contributed by atoms with van der Waals surface area (Å²) in [6.45, 7) is 0.849. The molecular formula is C28H28N2O4. The molecule has 6 nitrogen and oxygen atoms in total. The first kappa shape index (κ1) is 22.2. The van der Waals surface area contributed by atoms with Crippen molar-refractivity contribution in [2.45, 2.75) is 37.4 Å². The second-order valence-corrected chi connectivity index (χ2v) is 9.08. The summed E-state index contributed by atoms with van der Waals surface area (Å²) >= 11 is 0. The Morgan fingerprint density at radius 1 is 0.882 bits per heavy atom. The molecule has 0 aromatic heterocycles. The molecular weight excluding hydrogens is 428 g/mol. The quantitative estimate of drug-likeness (QED) is 0.516. The zero-order valence-electron chi connectivity index (χ0n) is 18.9. The molecule has 0 aliphatic heterocycles. The minimum Gasteiger partial charge on any atom is -0.480 e. The molecule has 1 fully saturated rings. The summed E-state index contributed by atoms with van der Waals surface area (Å²) < 4.78 is 5.64. The van der Waals surface area contributed by atoms with Crippen LogP contribution in [0.25, 0.3) is 11.1 Å². The van der Waals surface area contributed by atoms with Crippen LogP contribution in [0, 0.1) is 0 Å². The lowest BCUT2D eigenvalue weighted by Gasteiger charge is -2.42. The Hall–Kier alpha value is -3.64. The number of carboxylic acid groups (broad SMARTS) is 1. The van der Waals surface area contributed by atoms with E-state index in [1.54, 1.807) is 0 Å². The van der Waals surface area contributed by atoms with Gasteiger partial charge in [0.25, 0.3) is 0 Å². The van der Waals surface area contributed by atoms with Gasteiger partial charge in [-0.15, -0.1) is 0 Å². The highest BCUT2D eigenvalue weighted by Gasteiger charge is 2.36. The number of nitrogens with one attached hydrogen (secondary N) is 1. The monoisotopic (exact) mass is 456 g/mol. The summed E-state index contributed by atoms with van der Waals surface area (Å²) in [5, 5.41) is 12.3. The number of ether oxygens (including phenoxy) is 1. The van der Waals surface area contributed by atoms with Crippen LogP contribution in [0.4, 0.5) is 4.79 Å². The fourth-order valence-electron chi connectivity index (χ4n) is 5.12. The molecule has 0 radical (unpaired) electrons. The Bertz CT molecular complexity index is 1130. The lowest BCUT2D eigenvalue weighted by atomic mass is 9.85. The number of fused-ring (bicyclic) bond motifs is 3. The second-order valence-electron chi connectivity index (χ2n) is 9.08. The Labute approximate surface area is 199 Å². The van der Waals surface area contributed by atoms with Gasteiger partial charge in [0.1, 0.15) is 6.61 Å². The van der Waals surface area contributed by atoms with E-state index in [9.17, 15) is 14.7 Å². The zero-order chi connectivity index (χ0) is 23.5. The van der Waals surface area contributed by atoms with Gasteiger partial charge in [0.15, 0.2) is 0 Å². The standard InChI is InChI=1S/C28H28N2O4/c31-27(32)17-30(16-19-8-2-1-3-9-19)21-14-20(15-21)29-28(33)34-18-26-24-12-6-4-10-22(24)23-11-5-7-13-25(23)26/h1-13,20-21,26H,14-18H2,(H,29,33)(H,31,32). The molecule has 3 aromatic carbocycles. The molecule has 1 saturated carbocycles. The molecule has 0 heterocycles. The number of carbonyl (C=O) groups excluding carboxylic acids is 1. The van der Waals surface area contributed by atoms with Crippen molar-refractivity contribution in [3.8, 4) is 11.1 Å². The molecule has 34 heavy (non-hydrogen) atoms. The van der Waals surface area contributed by atoms with Crippen LogP contribution in [-0.4, -0.2) is 47.3 Å². The lowest BCUT2D eigenvalue weighted by Crippen LogP contribution is -2.54. The second kappa shape index (κ2) is 9.69. The van der Waals surface area contributed by atoms with E-state index in [1.165, 1.54) is 22.3 Å². The van der Waals surface area contributed by atoms with Crippen LogP contribution in [0.3, 0.4) is 0 Å². The molecule has 0 saturated heterocycles. The summed E-state index contributed by atoms with van der Waals surface area (Å²) in [6, 6.07) is 26.5. The van der Waals surface area contributed by atoms with E-state index in [2.05, 4.69) is 29.6 Å². The third-order valence-corrected chi connectivity index (χ3v) is 6.86. The van der Waals surface area contributed by atoms with Crippen molar-refractivity contribution < 1.29 is 19.4 Å². The predicted molar refractivity (Wildman–Crippen MR) is 130 cm³/mol. The molecule has 1 amide bonds. The predicted octanol–water partition coefficient (Wildman–Crippen LogP) is 4.64. The Balaban J connectivity index is 1.14. The molecule has 0 bridgehead atoms. The van der Waals surface area contributed by atoms with Crippen LogP contribution in [0.5, 0.6) is 0 Å². The first-order valence-electron chi connectivity index (χ1n) is 11.7. The first-order valence-corrected chi connectivity index (χ1v) is 11.7. The maximum absolute atomic E-state index is 12.5. The normalized spacial score (nSPS) is 18.6. The van der Waals surface area contributed by atoms with E-state index >= 15 is 0 Å². The topological polar surface area (TPSA) is 78.9 Å². The fraction of sp³-hybridized carbons (Fsp3) is 0.286. The maximum Gasteiger partial charge on any atom is 0.407 e. The zero-order valence-corrected chi connectivity index (χ0v) is 18.9. The summed E-state index contributed by atoms with van der Waals surface area (Å²) in [7, 11) is 0. The number of aliphatic carboxylic acids is 1. The largest absolute Gasteiger partial charge is 0.480 e. The smallest absolute Gasteiger partial charge is 0.407 e. The van der Waals surface area contributed by atoms with Crippen molar-refractivity contribution in [2.24, 2.45) is 0 Å². The number of carbonyl (C=O) groups is 2. The molecule has 174 valence electrons. The number of nitrogens with zero attached hydrogens (tertiary/aromatic N) is 1. The SMILES string of the molecule is O=C(O)CN(Cc1ccccc1)C1CC(NC(=O)OCC2c3ccccc3-c3ccccc32)C1. The number of carboxylic acids is 1. The average molecular weight is 457 g/mol. The van der Waals surface area contributed by atoms with Crippen molar-refractivity contribution in [3.05, 3.63) is 95.6 Å². The molecule has 5 rings (SSSR count). The highest BCUT2D eigenvalue weighted by molar-refractivity contribution is 5.79. The lowest BCUT2D eigenvalue weighted by molar-refractivity contribution is -0.139. The van der Waals surface area contributed by atoms with Crippen LogP contribution < -0.4 is 5.32 Å². The Morgan fingerprint density at radius 3 is 2.09 bits per heavy atom. The third-order valence-electron chi connectivity index (χ3n) is 6.86. The Morgan fingerprint density at radius 2 is 1.47 bits per heavy atom. The van der Waals surface area contributed by atoms with Gasteiger partial charge in [-0.3, -0.25) is 9.69 Å². The molecule has 2 aliphatic carbocycles. The minimum absolute atomic E-state index is 0.00674. The molecule has 2 N–H and O–H groups in total. The van der Waals surface area contributed by atoms with Gasteiger partial charge in [-0.25, -0.2) is 4.79 Å². The van der Waals surface area contributed by atoms with Gasteiger partial charge in [-0.1, -0.05) is 78.9 Å².